The zero-order chi connectivity index (χ0) is 45.0. The maximum Gasteiger partial charge on any atom is 0.160 e. The summed E-state index contributed by atoms with van der Waals surface area (Å²) in [4.78, 5) is 20.2. The molecule has 0 aliphatic carbocycles. The normalized spacial score (nSPS) is 11.5. The fourth-order valence-electron chi connectivity index (χ4n) is 10.3. The number of aromatic nitrogens is 4. The molecule has 0 unspecified atom stereocenters. The minimum absolute atomic E-state index is 0.713. The molecule has 2 heterocycles. The van der Waals surface area contributed by atoms with E-state index in [0.717, 1.165) is 99.3 Å². The van der Waals surface area contributed by atoms with E-state index in [1.165, 1.54) is 27.3 Å². The largest absolute Gasteiger partial charge is 0.244 e. The molecule has 0 aliphatic rings. The number of fused-ring (bicyclic) bond motifs is 6. The molecule has 316 valence electrons. The standard InChI is InChI=1S/C64H40N4/c1-5-18-44(19-6-1)55-51-27-15-16-28-52(51)56(45-20-7-2-8-21-45)60-58(63-54(39-65-40-66-63)57(59(55)60)46-22-9-3-10-23-46)47-33-29-41(30-34-47)42-31-35-48(36-32-42)61-53-38-37-43-17-13-14-26-50(43)62(53)68-64(67-61)49-24-11-4-12-25-49/h1-40H. The molecule has 0 fully saturated rings. The summed E-state index contributed by atoms with van der Waals surface area (Å²) >= 11 is 0. The zero-order valence-corrected chi connectivity index (χ0v) is 36.9. The Morgan fingerprint density at radius 3 is 1.28 bits per heavy atom. The van der Waals surface area contributed by atoms with Gasteiger partial charge in [-0.2, -0.15) is 0 Å². The van der Waals surface area contributed by atoms with Crippen LogP contribution in [0.3, 0.4) is 0 Å². The van der Waals surface area contributed by atoms with Crippen molar-refractivity contribution in [1.82, 2.24) is 19.9 Å². The first-order chi connectivity index (χ1) is 33.8. The van der Waals surface area contributed by atoms with Gasteiger partial charge in [0.1, 0.15) is 6.33 Å². The van der Waals surface area contributed by atoms with Crippen molar-refractivity contribution < 1.29 is 0 Å². The van der Waals surface area contributed by atoms with Gasteiger partial charge in [-0.25, -0.2) is 19.9 Å². The van der Waals surface area contributed by atoms with E-state index in [-0.39, 0.29) is 0 Å². The SMILES string of the molecule is c1ccc(-c2nc(-c3ccc(-c4ccc(-c5c6ncncc6c(-c6ccccc6)c6c(-c7ccccc7)c7ccccc7c(-c7ccccc7)c56)cc4)cc3)c3ccc4ccccc4c3n2)cc1. The molecular weight excluding hydrogens is 825 g/mol. The Bertz CT molecular complexity index is 3980. The van der Waals surface area contributed by atoms with Crippen LogP contribution in [0, 0.1) is 0 Å². The van der Waals surface area contributed by atoms with Gasteiger partial charge in [-0.1, -0.05) is 224 Å². The molecule has 4 heteroatoms. The van der Waals surface area contributed by atoms with Crippen LogP contribution in [0.4, 0.5) is 0 Å². The minimum Gasteiger partial charge on any atom is -0.244 e. The molecule has 0 spiro atoms. The van der Waals surface area contributed by atoms with E-state index in [2.05, 4.69) is 212 Å². The van der Waals surface area contributed by atoms with Crippen LogP contribution >= 0.6 is 0 Å². The lowest BCUT2D eigenvalue weighted by Crippen LogP contribution is -1.99. The first kappa shape index (κ1) is 39.3. The second-order valence-electron chi connectivity index (χ2n) is 17.3. The quantitative estimate of drug-likeness (QED) is 0.118. The third-order valence-electron chi connectivity index (χ3n) is 13.4. The Hall–Kier alpha value is -9.12. The molecule has 68 heavy (non-hydrogen) atoms. The smallest absolute Gasteiger partial charge is 0.160 e. The molecule has 0 N–H and O–H groups in total. The first-order valence-electron chi connectivity index (χ1n) is 23.0. The van der Waals surface area contributed by atoms with Crippen LogP contribution in [0.1, 0.15) is 0 Å². The van der Waals surface area contributed by atoms with E-state index in [1.54, 1.807) is 6.33 Å². The van der Waals surface area contributed by atoms with Crippen LogP contribution in [0.2, 0.25) is 0 Å². The molecule has 13 aromatic rings. The average Bonchev–Trinajstić information content (AvgIpc) is 3.42. The highest BCUT2D eigenvalue weighted by molar-refractivity contribution is 6.33. The van der Waals surface area contributed by atoms with Gasteiger partial charge in [0.25, 0.3) is 0 Å². The molecule has 0 saturated heterocycles. The summed E-state index contributed by atoms with van der Waals surface area (Å²) in [6.45, 7) is 0. The molecule has 0 bridgehead atoms. The van der Waals surface area contributed by atoms with Crippen molar-refractivity contribution in [2.45, 2.75) is 0 Å². The number of nitrogens with zero attached hydrogens (tertiary/aromatic N) is 4. The molecule has 0 saturated carbocycles. The molecule has 0 atom stereocenters. The number of hydrogen-bond donors (Lipinski definition) is 0. The van der Waals surface area contributed by atoms with Gasteiger partial charge >= 0.3 is 0 Å². The van der Waals surface area contributed by atoms with E-state index in [4.69, 9.17) is 19.9 Å². The third kappa shape index (κ3) is 6.53. The summed E-state index contributed by atoms with van der Waals surface area (Å²) in [7, 11) is 0. The predicted molar refractivity (Wildman–Crippen MR) is 283 cm³/mol. The summed E-state index contributed by atoms with van der Waals surface area (Å²) in [6.07, 6.45) is 3.69. The van der Waals surface area contributed by atoms with Crippen molar-refractivity contribution >= 4 is 54.1 Å². The molecule has 0 amide bonds. The topological polar surface area (TPSA) is 51.6 Å². The van der Waals surface area contributed by atoms with E-state index < -0.39 is 0 Å². The Morgan fingerprint density at radius 2 is 0.706 bits per heavy atom. The summed E-state index contributed by atoms with van der Waals surface area (Å²) in [5, 5.41) is 9.04. The van der Waals surface area contributed by atoms with Gasteiger partial charge in [-0.05, 0) is 66.7 Å². The van der Waals surface area contributed by atoms with Crippen molar-refractivity contribution in [1.29, 1.82) is 0 Å². The molecule has 0 radical (unpaired) electrons. The molecule has 4 nitrogen and oxygen atoms in total. The Kier molecular flexibility index (Phi) is 9.47. The Morgan fingerprint density at radius 1 is 0.265 bits per heavy atom. The maximum absolute atomic E-state index is 5.22. The Labute approximate surface area is 393 Å². The molecular formula is C64H40N4. The molecule has 2 aromatic heterocycles. The van der Waals surface area contributed by atoms with Crippen LogP contribution in [-0.4, -0.2) is 19.9 Å². The van der Waals surface area contributed by atoms with Crippen molar-refractivity contribution in [2.75, 3.05) is 0 Å². The van der Waals surface area contributed by atoms with Crippen molar-refractivity contribution in [3.63, 3.8) is 0 Å². The van der Waals surface area contributed by atoms with E-state index in [9.17, 15) is 0 Å². The highest BCUT2D eigenvalue weighted by atomic mass is 14.9. The highest BCUT2D eigenvalue weighted by Gasteiger charge is 2.26. The van der Waals surface area contributed by atoms with E-state index in [0.29, 0.717) is 5.82 Å². The predicted octanol–water partition coefficient (Wildman–Crippen LogP) is 16.7. The van der Waals surface area contributed by atoms with Gasteiger partial charge in [-0.15, -0.1) is 0 Å². The van der Waals surface area contributed by atoms with Crippen LogP contribution < -0.4 is 0 Å². The summed E-state index contributed by atoms with van der Waals surface area (Å²) in [5.41, 5.74) is 16.1. The minimum atomic E-state index is 0.713. The van der Waals surface area contributed by atoms with Crippen molar-refractivity contribution in [3.8, 4) is 78.3 Å². The summed E-state index contributed by atoms with van der Waals surface area (Å²) in [6, 6.07) is 82.2. The number of rotatable bonds is 7. The average molecular weight is 865 g/mol. The van der Waals surface area contributed by atoms with E-state index >= 15 is 0 Å². The van der Waals surface area contributed by atoms with Crippen molar-refractivity contribution in [2.24, 2.45) is 0 Å². The summed E-state index contributed by atoms with van der Waals surface area (Å²) in [5.74, 6) is 0.713. The second-order valence-corrected chi connectivity index (χ2v) is 17.3. The van der Waals surface area contributed by atoms with Gasteiger partial charge in [0.05, 0.1) is 16.7 Å². The highest BCUT2D eigenvalue weighted by Crippen LogP contribution is 2.53. The van der Waals surface area contributed by atoms with Crippen LogP contribution in [-0.2, 0) is 0 Å². The van der Waals surface area contributed by atoms with Crippen LogP contribution in [0.25, 0.3) is 132 Å². The monoisotopic (exact) mass is 864 g/mol. The number of hydrogen-bond acceptors (Lipinski definition) is 4. The second kappa shape index (κ2) is 16.4. The molecule has 13 rings (SSSR count). The van der Waals surface area contributed by atoms with Gasteiger partial charge in [0.2, 0.25) is 0 Å². The molecule has 11 aromatic carbocycles. The van der Waals surface area contributed by atoms with Gasteiger partial charge in [0, 0.05) is 55.4 Å². The van der Waals surface area contributed by atoms with Gasteiger partial charge in [-0.3, -0.25) is 0 Å². The fraction of sp³-hybridized carbons (Fsp3) is 0. The maximum atomic E-state index is 5.22. The lowest BCUT2D eigenvalue weighted by molar-refractivity contribution is 1.22. The van der Waals surface area contributed by atoms with Crippen LogP contribution in [0.15, 0.2) is 243 Å². The lowest BCUT2D eigenvalue weighted by atomic mass is 9.78. The zero-order valence-electron chi connectivity index (χ0n) is 36.9. The van der Waals surface area contributed by atoms with Crippen molar-refractivity contribution in [3.05, 3.63) is 243 Å². The van der Waals surface area contributed by atoms with Crippen LogP contribution in [0.5, 0.6) is 0 Å². The lowest BCUT2D eigenvalue weighted by Gasteiger charge is -2.24. The summed E-state index contributed by atoms with van der Waals surface area (Å²) < 4.78 is 0. The van der Waals surface area contributed by atoms with Gasteiger partial charge in [0.15, 0.2) is 5.82 Å². The fourth-order valence-corrected chi connectivity index (χ4v) is 10.3. The van der Waals surface area contributed by atoms with Gasteiger partial charge < -0.3 is 0 Å². The van der Waals surface area contributed by atoms with E-state index in [1.807, 2.05) is 24.4 Å². The molecule has 0 aliphatic heterocycles. The first-order valence-corrected chi connectivity index (χ1v) is 23.0. The third-order valence-corrected chi connectivity index (χ3v) is 13.4. The Balaban J connectivity index is 1.02. The number of benzene rings is 11.